The van der Waals surface area contributed by atoms with Gasteiger partial charge in [-0.2, -0.15) is 5.10 Å². The van der Waals surface area contributed by atoms with Crippen molar-refractivity contribution in [1.82, 2.24) is 14.7 Å². The van der Waals surface area contributed by atoms with Crippen molar-refractivity contribution in [2.45, 2.75) is 52.6 Å². The van der Waals surface area contributed by atoms with Crippen LogP contribution in [0.4, 0.5) is 0 Å². The van der Waals surface area contributed by atoms with Gasteiger partial charge in [0.1, 0.15) is 0 Å². The van der Waals surface area contributed by atoms with Gasteiger partial charge in [-0.05, 0) is 32.7 Å². The standard InChI is InChI=1S/C15H28N4O2/c1-4-13(5-2)18(9-10-20)15(21)14-11-17-19(12(14)3)8-6-7-16/h11,13,20H,4-10,16H2,1-3H3. The molecule has 0 spiro atoms. The molecule has 0 aromatic carbocycles. The van der Waals surface area contributed by atoms with Gasteiger partial charge >= 0.3 is 0 Å². The summed E-state index contributed by atoms with van der Waals surface area (Å²) >= 11 is 0. The zero-order valence-corrected chi connectivity index (χ0v) is 13.4. The lowest BCUT2D eigenvalue weighted by atomic mass is 10.1. The molecular weight excluding hydrogens is 268 g/mol. The van der Waals surface area contributed by atoms with Crippen molar-refractivity contribution in [2.24, 2.45) is 5.73 Å². The van der Waals surface area contributed by atoms with Gasteiger partial charge in [-0.1, -0.05) is 13.8 Å². The van der Waals surface area contributed by atoms with E-state index in [2.05, 4.69) is 18.9 Å². The van der Waals surface area contributed by atoms with E-state index < -0.39 is 0 Å². The molecule has 0 fully saturated rings. The van der Waals surface area contributed by atoms with E-state index in [1.165, 1.54) is 0 Å². The molecule has 0 aliphatic carbocycles. The summed E-state index contributed by atoms with van der Waals surface area (Å²) in [6, 6.07) is 0.149. The number of aliphatic hydroxyl groups excluding tert-OH is 1. The lowest BCUT2D eigenvalue weighted by Crippen LogP contribution is -2.41. The number of amides is 1. The number of nitrogens with two attached hydrogens (primary N) is 1. The molecule has 0 bridgehead atoms. The Balaban J connectivity index is 2.95. The summed E-state index contributed by atoms with van der Waals surface area (Å²) in [5.41, 5.74) is 6.99. The largest absolute Gasteiger partial charge is 0.395 e. The molecule has 0 unspecified atom stereocenters. The van der Waals surface area contributed by atoms with Gasteiger partial charge in [-0.25, -0.2) is 0 Å². The summed E-state index contributed by atoms with van der Waals surface area (Å²) in [7, 11) is 0. The molecule has 0 atom stereocenters. The van der Waals surface area contributed by atoms with Crippen LogP contribution in [0, 0.1) is 6.92 Å². The summed E-state index contributed by atoms with van der Waals surface area (Å²) in [4.78, 5) is 14.5. The third-order valence-corrected chi connectivity index (χ3v) is 3.89. The number of aliphatic hydroxyl groups is 1. The van der Waals surface area contributed by atoms with Crippen LogP contribution in [0.2, 0.25) is 0 Å². The van der Waals surface area contributed by atoms with Crippen LogP contribution < -0.4 is 5.73 Å². The Bertz CT molecular complexity index is 441. The first-order valence-electron chi connectivity index (χ1n) is 7.74. The molecule has 120 valence electrons. The maximum Gasteiger partial charge on any atom is 0.257 e. The van der Waals surface area contributed by atoms with Gasteiger partial charge in [0.25, 0.3) is 5.91 Å². The molecule has 3 N–H and O–H groups in total. The van der Waals surface area contributed by atoms with Gasteiger partial charge < -0.3 is 15.7 Å². The second kappa shape index (κ2) is 8.79. The first kappa shape index (κ1) is 17.7. The first-order valence-corrected chi connectivity index (χ1v) is 7.74. The van der Waals surface area contributed by atoms with Crippen molar-refractivity contribution >= 4 is 5.91 Å². The molecule has 1 aromatic rings. The normalized spacial score (nSPS) is 11.1. The van der Waals surface area contributed by atoms with Crippen LogP contribution in [0.1, 0.15) is 49.2 Å². The molecule has 1 rings (SSSR count). The zero-order chi connectivity index (χ0) is 15.8. The van der Waals surface area contributed by atoms with Gasteiger partial charge in [0, 0.05) is 24.8 Å². The third-order valence-electron chi connectivity index (χ3n) is 3.89. The van der Waals surface area contributed by atoms with Crippen molar-refractivity contribution in [3.05, 3.63) is 17.5 Å². The Morgan fingerprint density at radius 2 is 2.14 bits per heavy atom. The Morgan fingerprint density at radius 3 is 2.67 bits per heavy atom. The van der Waals surface area contributed by atoms with Crippen molar-refractivity contribution in [1.29, 1.82) is 0 Å². The predicted octanol–water partition coefficient (Wildman–Crippen LogP) is 1.16. The van der Waals surface area contributed by atoms with E-state index in [1.807, 2.05) is 11.6 Å². The Labute approximate surface area is 126 Å². The number of aromatic nitrogens is 2. The molecule has 1 aromatic heterocycles. The fourth-order valence-electron chi connectivity index (χ4n) is 2.56. The smallest absolute Gasteiger partial charge is 0.257 e. The highest BCUT2D eigenvalue weighted by Crippen LogP contribution is 2.16. The summed E-state index contributed by atoms with van der Waals surface area (Å²) in [6.45, 7) is 7.68. The number of carbonyl (C=O) groups excluding carboxylic acids is 1. The van der Waals surface area contributed by atoms with E-state index in [-0.39, 0.29) is 18.6 Å². The summed E-state index contributed by atoms with van der Waals surface area (Å²) in [5, 5.41) is 13.5. The average molecular weight is 296 g/mol. The molecule has 0 radical (unpaired) electrons. The summed E-state index contributed by atoms with van der Waals surface area (Å²) in [5.74, 6) is -0.0470. The Kier molecular flexibility index (Phi) is 7.39. The zero-order valence-electron chi connectivity index (χ0n) is 13.4. The maximum atomic E-state index is 12.7. The summed E-state index contributed by atoms with van der Waals surface area (Å²) < 4.78 is 1.82. The Hall–Kier alpha value is -1.40. The topological polar surface area (TPSA) is 84.4 Å². The average Bonchev–Trinajstić information content (AvgIpc) is 2.85. The number of rotatable bonds is 9. The Morgan fingerprint density at radius 1 is 1.48 bits per heavy atom. The van der Waals surface area contributed by atoms with Gasteiger partial charge in [-0.3, -0.25) is 9.48 Å². The van der Waals surface area contributed by atoms with Crippen LogP contribution in [-0.4, -0.2) is 51.4 Å². The lowest BCUT2D eigenvalue weighted by Gasteiger charge is -2.30. The number of aryl methyl sites for hydroxylation is 1. The van der Waals surface area contributed by atoms with E-state index in [9.17, 15) is 9.90 Å². The highest BCUT2D eigenvalue weighted by Gasteiger charge is 2.24. The number of carbonyl (C=O) groups is 1. The SMILES string of the molecule is CCC(CC)N(CCO)C(=O)c1cnn(CCCN)c1C. The highest BCUT2D eigenvalue weighted by atomic mass is 16.3. The van der Waals surface area contributed by atoms with E-state index in [0.29, 0.717) is 18.7 Å². The minimum atomic E-state index is -0.0470. The number of nitrogens with zero attached hydrogens (tertiary/aromatic N) is 3. The predicted molar refractivity (Wildman–Crippen MR) is 83.1 cm³/mol. The van der Waals surface area contributed by atoms with Crippen LogP contribution >= 0.6 is 0 Å². The van der Waals surface area contributed by atoms with E-state index >= 15 is 0 Å². The second-order valence-electron chi connectivity index (χ2n) is 5.20. The lowest BCUT2D eigenvalue weighted by molar-refractivity contribution is 0.0621. The molecule has 1 heterocycles. The van der Waals surface area contributed by atoms with Crippen molar-refractivity contribution in [3.63, 3.8) is 0 Å². The fourth-order valence-corrected chi connectivity index (χ4v) is 2.56. The molecule has 0 saturated heterocycles. The minimum Gasteiger partial charge on any atom is -0.395 e. The van der Waals surface area contributed by atoms with Gasteiger partial charge in [0.05, 0.1) is 18.4 Å². The van der Waals surface area contributed by atoms with Crippen LogP contribution in [0.5, 0.6) is 0 Å². The minimum absolute atomic E-state index is 0.0252. The number of hydrogen-bond acceptors (Lipinski definition) is 4. The van der Waals surface area contributed by atoms with E-state index in [1.54, 1.807) is 11.1 Å². The van der Waals surface area contributed by atoms with Crippen molar-refractivity contribution in [3.8, 4) is 0 Å². The molecule has 6 nitrogen and oxygen atoms in total. The highest BCUT2D eigenvalue weighted by molar-refractivity contribution is 5.95. The molecule has 0 aliphatic rings. The van der Waals surface area contributed by atoms with Crippen LogP contribution in [-0.2, 0) is 6.54 Å². The summed E-state index contributed by atoms with van der Waals surface area (Å²) in [6.07, 6.45) is 4.22. The fraction of sp³-hybridized carbons (Fsp3) is 0.733. The third kappa shape index (κ3) is 4.28. The van der Waals surface area contributed by atoms with Crippen LogP contribution in [0.3, 0.4) is 0 Å². The van der Waals surface area contributed by atoms with Crippen molar-refractivity contribution < 1.29 is 9.90 Å². The first-order chi connectivity index (χ1) is 10.1. The van der Waals surface area contributed by atoms with Crippen LogP contribution in [0.25, 0.3) is 0 Å². The van der Waals surface area contributed by atoms with Crippen molar-refractivity contribution in [2.75, 3.05) is 19.7 Å². The van der Waals surface area contributed by atoms with Gasteiger partial charge in [-0.15, -0.1) is 0 Å². The molecule has 6 heteroatoms. The van der Waals surface area contributed by atoms with E-state index in [4.69, 9.17) is 5.73 Å². The second-order valence-corrected chi connectivity index (χ2v) is 5.20. The quantitative estimate of drug-likeness (QED) is 0.716. The number of hydrogen-bond donors (Lipinski definition) is 2. The molecule has 21 heavy (non-hydrogen) atoms. The maximum absolute atomic E-state index is 12.7. The van der Waals surface area contributed by atoms with Gasteiger partial charge in [0.15, 0.2) is 0 Å². The molecule has 0 saturated carbocycles. The molecular formula is C15H28N4O2. The van der Waals surface area contributed by atoms with E-state index in [0.717, 1.165) is 31.5 Å². The molecule has 1 amide bonds. The van der Waals surface area contributed by atoms with Gasteiger partial charge in [0.2, 0.25) is 0 Å². The monoisotopic (exact) mass is 296 g/mol. The van der Waals surface area contributed by atoms with Crippen LogP contribution in [0.15, 0.2) is 6.20 Å². The molecule has 0 aliphatic heterocycles.